The van der Waals surface area contributed by atoms with E-state index in [1.54, 1.807) is 0 Å². The molecule has 0 aliphatic rings. The van der Waals surface area contributed by atoms with Gasteiger partial charge >= 0.3 is 6.16 Å². The van der Waals surface area contributed by atoms with Gasteiger partial charge in [0.25, 0.3) is 0 Å². The normalized spacial score (nSPS) is 9.30. The molecule has 0 spiro atoms. The van der Waals surface area contributed by atoms with Crippen LogP contribution in [0.15, 0.2) is 0 Å². The van der Waals surface area contributed by atoms with Crippen LogP contribution in [-0.4, -0.2) is 12.8 Å². The van der Waals surface area contributed by atoms with E-state index < -0.39 is 6.16 Å². The van der Waals surface area contributed by atoms with Crippen LogP contribution in [0.1, 0.15) is 25.7 Å². The first-order valence-corrected chi connectivity index (χ1v) is 3.40. The molecule has 0 aromatic heterocycles. The molecule has 0 saturated carbocycles. The average molecular weight is 144 g/mol. The van der Waals surface area contributed by atoms with Crippen LogP contribution in [-0.2, 0) is 9.84 Å². The van der Waals surface area contributed by atoms with Crippen molar-refractivity contribution in [3.63, 3.8) is 0 Å². The number of hydrogen-bond acceptors (Lipinski definition) is 2. The van der Waals surface area contributed by atoms with Crippen LogP contribution in [0.2, 0.25) is 0 Å². The molecule has 0 atom stereocenters. The highest BCUT2D eigenvalue weighted by atomic mass is 16.7. The minimum atomic E-state index is -1.44. The molecule has 0 heterocycles. The molecule has 0 amide bonds. The van der Waals surface area contributed by atoms with E-state index in [-0.39, 0.29) is 6.61 Å². The second-order valence-corrected chi connectivity index (χ2v) is 2.01. The van der Waals surface area contributed by atoms with Gasteiger partial charge in [-0.25, -0.2) is 0 Å². The third-order valence-corrected chi connectivity index (χ3v) is 1.11. The lowest BCUT2D eigenvalue weighted by atomic mass is 10.2. The number of carbonyl (C=O) groups excluding carboxylic acids is 1. The van der Waals surface area contributed by atoms with Crippen molar-refractivity contribution in [1.82, 2.24) is 0 Å². The Morgan fingerprint density at radius 1 is 1.30 bits per heavy atom. The van der Waals surface area contributed by atoms with E-state index in [4.69, 9.17) is 0 Å². The summed E-state index contributed by atoms with van der Waals surface area (Å²) in [5.41, 5.74) is 0. The zero-order chi connectivity index (χ0) is 7.82. The fraction of sp³-hybridized carbons (Fsp3) is 0.714. The van der Waals surface area contributed by atoms with Gasteiger partial charge < -0.3 is 4.74 Å². The van der Waals surface area contributed by atoms with Gasteiger partial charge in [-0.15, -0.1) is 0 Å². The number of rotatable bonds is 5. The van der Waals surface area contributed by atoms with Crippen LogP contribution < -0.4 is 0 Å². The zero-order valence-corrected chi connectivity index (χ0v) is 5.97. The van der Waals surface area contributed by atoms with Crippen LogP contribution in [0.4, 0.5) is 4.79 Å². The summed E-state index contributed by atoms with van der Waals surface area (Å²) >= 11 is 0. The molecule has 58 valence electrons. The molecule has 0 fully saturated rings. The number of unbranched alkanes of at least 4 members (excludes halogenated alkanes) is 3. The van der Waals surface area contributed by atoms with E-state index in [1.807, 2.05) is 0 Å². The fourth-order valence-electron chi connectivity index (χ4n) is 0.611. The number of ether oxygens (including phenoxy) is 1. The fourth-order valence-corrected chi connectivity index (χ4v) is 0.611. The monoisotopic (exact) mass is 144 g/mol. The predicted molar refractivity (Wildman–Crippen MR) is 35.9 cm³/mol. The Hall–Kier alpha value is -0.730. The first kappa shape index (κ1) is 9.27. The highest BCUT2D eigenvalue weighted by Gasteiger charge is 1.96. The van der Waals surface area contributed by atoms with Gasteiger partial charge in [0, 0.05) is 0 Å². The maximum absolute atomic E-state index is 9.69. The summed E-state index contributed by atoms with van der Waals surface area (Å²) in [5.74, 6) is 0. The Kier molecular flexibility index (Phi) is 5.92. The lowest BCUT2D eigenvalue weighted by Gasteiger charge is -1.96. The molecule has 0 rings (SSSR count). The van der Waals surface area contributed by atoms with Gasteiger partial charge in [0.1, 0.15) is 0 Å². The van der Waals surface area contributed by atoms with Crippen molar-refractivity contribution in [2.24, 2.45) is 0 Å². The quantitative estimate of drug-likeness (QED) is 0.437. The van der Waals surface area contributed by atoms with E-state index in [0.717, 1.165) is 25.7 Å². The highest BCUT2D eigenvalue weighted by molar-refractivity contribution is 5.56. The van der Waals surface area contributed by atoms with Crippen molar-refractivity contribution in [1.29, 1.82) is 0 Å². The van der Waals surface area contributed by atoms with Crippen LogP contribution >= 0.6 is 0 Å². The minimum absolute atomic E-state index is 0.252. The van der Waals surface area contributed by atoms with Gasteiger partial charge in [0.2, 0.25) is 0 Å². The molecule has 0 aromatic carbocycles. The van der Waals surface area contributed by atoms with Crippen LogP contribution in [0.5, 0.6) is 0 Å². The molecule has 0 bridgehead atoms. The topological polar surface area (TPSA) is 46.2 Å². The molecule has 0 N–H and O–H groups in total. The maximum Gasteiger partial charge on any atom is 0.549 e. The largest absolute Gasteiger partial charge is 0.549 e. The second kappa shape index (κ2) is 6.39. The molecule has 2 radical (unpaired) electrons. The SMILES string of the molecule is [CH2]CCCCCOC([O])=O. The van der Waals surface area contributed by atoms with Gasteiger partial charge in [-0.1, -0.05) is 26.2 Å². The molecule has 0 aliphatic heterocycles. The Morgan fingerprint density at radius 3 is 2.50 bits per heavy atom. The van der Waals surface area contributed by atoms with E-state index in [1.165, 1.54) is 0 Å². The summed E-state index contributed by atoms with van der Waals surface area (Å²) in [4.78, 5) is 9.69. The van der Waals surface area contributed by atoms with Crippen LogP contribution in [0.3, 0.4) is 0 Å². The first-order valence-electron chi connectivity index (χ1n) is 3.40. The van der Waals surface area contributed by atoms with Crippen LogP contribution in [0.25, 0.3) is 0 Å². The molecule has 3 nitrogen and oxygen atoms in total. The minimum Gasteiger partial charge on any atom is -0.432 e. The van der Waals surface area contributed by atoms with Gasteiger partial charge in [-0.05, 0) is 6.42 Å². The van der Waals surface area contributed by atoms with E-state index in [9.17, 15) is 9.90 Å². The Balaban J connectivity index is 2.84. The first-order chi connectivity index (χ1) is 4.77. The summed E-state index contributed by atoms with van der Waals surface area (Å²) in [7, 11) is 0. The molecular weight excluding hydrogens is 132 g/mol. The maximum atomic E-state index is 9.69. The Morgan fingerprint density at radius 2 is 2.00 bits per heavy atom. The highest BCUT2D eigenvalue weighted by Crippen LogP contribution is 1.98. The van der Waals surface area contributed by atoms with Crippen molar-refractivity contribution in [2.45, 2.75) is 25.7 Å². The van der Waals surface area contributed by atoms with E-state index >= 15 is 0 Å². The van der Waals surface area contributed by atoms with Gasteiger partial charge in [-0.2, -0.15) is 9.90 Å². The van der Waals surface area contributed by atoms with Crippen LogP contribution in [0, 0.1) is 6.92 Å². The molecular formula is C7H12O3. The van der Waals surface area contributed by atoms with E-state index in [0.29, 0.717) is 0 Å². The standard InChI is InChI=1S/C7H12O3/c1-2-3-4-5-6-10-7(8)9/h1-6H2. The van der Waals surface area contributed by atoms with Crippen molar-refractivity contribution < 1.29 is 14.6 Å². The number of hydrogen-bond donors (Lipinski definition) is 0. The molecule has 0 aliphatic carbocycles. The summed E-state index contributed by atoms with van der Waals surface area (Å²) < 4.78 is 4.17. The molecule has 0 aromatic rings. The van der Waals surface area contributed by atoms with Crippen molar-refractivity contribution in [3.8, 4) is 0 Å². The average Bonchev–Trinajstić information content (AvgIpc) is 1.87. The third kappa shape index (κ3) is 7.27. The Labute approximate surface area is 61.0 Å². The summed E-state index contributed by atoms with van der Waals surface area (Å²) in [5, 5.41) is 9.69. The second-order valence-electron chi connectivity index (χ2n) is 2.01. The van der Waals surface area contributed by atoms with Crippen molar-refractivity contribution in [2.75, 3.05) is 6.61 Å². The molecule has 0 unspecified atom stereocenters. The lowest BCUT2D eigenvalue weighted by Crippen LogP contribution is -1.99. The van der Waals surface area contributed by atoms with Crippen molar-refractivity contribution >= 4 is 6.16 Å². The zero-order valence-electron chi connectivity index (χ0n) is 5.97. The lowest BCUT2D eigenvalue weighted by molar-refractivity contribution is 0.0665. The third-order valence-electron chi connectivity index (χ3n) is 1.11. The van der Waals surface area contributed by atoms with Crippen molar-refractivity contribution in [3.05, 3.63) is 6.92 Å². The van der Waals surface area contributed by atoms with Gasteiger partial charge in [0.15, 0.2) is 0 Å². The van der Waals surface area contributed by atoms with Gasteiger partial charge in [0.05, 0.1) is 6.61 Å². The Bertz CT molecular complexity index is 90.9. The smallest absolute Gasteiger partial charge is 0.432 e. The summed E-state index contributed by atoms with van der Waals surface area (Å²) in [6, 6.07) is 0. The molecule has 3 heteroatoms. The summed E-state index contributed by atoms with van der Waals surface area (Å²) in [6.45, 7) is 3.90. The van der Waals surface area contributed by atoms with E-state index in [2.05, 4.69) is 11.7 Å². The number of carbonyl (C=O) groups is 1. The van der Waals surface area contributed by atoms with Gasteiger partial charge in [-0.3, -0.25) is 0 Å². The molecule has 0 saturated heterocycles. The predicted octanol–water partition coefficient (Wildman–Crippen LogP) is 1.95. The molecule has 10 heavy (non-hydrogen) atoms. The summed E-state index contributed by atoms with van der Waals surface area (Å²) in [6.07, 6.45) is 2.22.